The van der Waals surface area contributed by atoms with Crippen LogP contribution in [0, 0.1) is 28.1 Å². The number of methoxy groups -OCH3 is 1. The minimum atomic E-state index is -1.42. The number of ether oxygens (including phenoxy) is 4. The van der Waals surface area contributed by atoms with Crippen molar-refractivity contribution in [3.8, 4) is 0 Å². The van der Waals surface area contributed by atoms with Crippen molar-refractivity contribution in [2.45, 2.75) is 104 Å². The van der Waals surface area contributed by atoms with Crippen LogP contribution in [-0.4, -0.2) is 66.9 Å². The first-order chi connectivity index (χ1) is 20.7. The number of allylic oxidation sites excluding steroid dienone is 2. The summed E-state index contributed by atoms with van der Waals surface area (Å²) in [5, 5.41) is 11.5. The highest BCUT2D eigenvalue weighted by Crippen LogP contribution is 2.72. The number of carbonyl (C=O) groups is 4. The summed E-state index contributed by atoms with van der Waals surface area (Å²) < 4.78 is 29.8. The number of fused-ring (bicyclic) bond motifs is 4. The van der Waals surface area contributed by atoms with E-state index in [-0.39, 0.29) is 24.9 Å². The van der Waals surface area contributed by atoms with Crippen LogP contribution in [0.3, 0.4) is 0 Å². The zero-order chi connectivity index (χ0) is 32.4. The Labute approximate surface area is 258 Å². The molecular weight excluding hydrogens is 568 g/mol. The zero-order valence-corrected chi connectivity index (χ0v) is 26.7. The van der Waals surface area contributed by atoms with Crippen molar-refractivity contribution in [3.63, 3.8) is 0 Å². The molecule has 1 aromatic rings. The fourth-order valence-corrected chi connectivity index (χ4v) is 9.41. The minimum Gasteiger partial charge on any atom is -0.472 e. The summed E-state index contributed by atoms with van der Waals surface area (Å²) in [5.41, 5.74) is -0.00747. The largest absolute Gasteiger partial charge is 0.472 e. The maximum atomic E-state index is 13.3. The molecule has 3 aliphatic carbocycles. The molecule has 0 amide bonds. The van der Waals surface area contributed by atoms with Crippen LogP contribution in [0.25, 0.3) is 0 Å². The molecule has 11 atom stereocenters. The van der Waals surface area contributed by atoms with Crippen molar-refractivity contribution in [2.24, 2.45) is 28.1 Å². The van der Waals surface area contributed by atoms with E-state index in [9.17, 15) is 24.3 Å². The average Bonchev–Trinajstić information content (AvgIpc) is 3.69. The second-order valence-corrected chi connectivity index (χ2v) is 13.6. The molecule has 44 heavy (non-hydrogen) atoms. The van der Waals surface area contributed by atoms with Gasteiger partial charge in [0.2, 0.25) is 0 Å². The van der Waals surface area contributed by atoms with Gasteiger partial charge in [0.05, 0.1) is 37.3 Å². The molecule has 10 nitrogen and oxygen atoms in total. The summed E-state index contributed by atoms with van der Waals surface area (Å²) >= 11 is 0. The Bertz CT molecular complexity index is 1390. The highest BCUT2D eigenvalue weighted by Gasteiger charge is 2.76. The standard InChI is InChI=1S/C34H44O10/c1-9-17(2)31(39)44-25-14-24(37)32(5,16-35)29-28(42-19(4)36)30-34(7,23(33(25,29)6)13-26(38)40-8)27-18(3)21(12-22(27)43-30)20-10-11-41-15-20/h9-11,15-16,21-25,28-30,37H,12-14H2,1-8H3/t21-,22-,23-,24-,25+,28-,29+,30-,32-,33+,34-/m1/s1. The number of aliphatic hydroxyl groups excluding tert-OH is 1. The third kappa shape index (κ3) is 4.50. The molecule has 2 heterocycles. The van der Waals surface area contributed by atoms with Gasteiger partial charge in [0.15, 0.2) is 0 Å². The number of furan rings is 1. The Morgan fingerprint density at radius 2 is 1.84 bits per heavy atom. The normalized spacial score (nSPS) is 41.3. The van der Waals surface area contributed by atoms with Crippen LogP contribution in [0.2, 0.25) is 0 Å². The highest BCUT2D eigenvalue weighted by atomic mass is 16.6. The van der Waals surface area contributed by atoms with E-state index in [0.717, 1.165) is 16.7 Å². The first-order valence-electron chi connectivity index (χ1n) is 15.3. The van der Waals surface area contributed by atoms with E-state index in [1.165, 1.54) is 14.0 Å². The van der Waals surface area contributed by atoms with Gasteiger partial charge in [-0.05, 0) is 57.2 Å². The number of hydrogen-bond donors (Lipinski definition) is 1. The number of esters is 3. The van der Waals surface area contributed by atoms with E-state index in [1.807, 2.05) is 19.9 Å². The highest BCUT2D eigenvalue weighted by molar-refractivity contribution is 5.87. The van der Waals surface area contributed by atoms with E-state index < -0.39 is 70.4 Å². The van der Waals surface area contributed by atoms with Gasteiger partial charge in [0, 0.05) is 48.0 Å². The summed E-state index contributed by atoms with van der Waals surface area (Å²) in [4.78, 5) is 52.3. The molecule has 1 aliphatic heterocycles. The molecule has 0 unspecified atom stereocenters. The van der Waals surface area contributed by atoms with Crippen LogP contribution in [0.15, 0.2) is 45.8 Å². The third-order valence-corrected chi connectivity index (χ3v) is 11.6. The Morgan fingerprint density at radius 1 is 1.14 bits per heavy atom. The molecule has 0 spiro atoms. The second-order valence-electron chi connectivity index (χ2n) is 13.6. The van der Waals surface area contributed by atoms with Crippen LogP contribution >= 0.6 is 0 Å². The van der Waals surface area contributed by atoms with Gasteiger partial charge in [-0.2, -0.15) is 0 Å². The van der Waals surface area contributed by atoms with Gasteiger partial charge >= 0.3 is 17.9 Å². The van der Waals surface area contributed by atoms with Gasteiger partial charge in [-0.15, -0.1) is 0 Å². The molecule has 0 aromatic carbocycles. The molecule has 0 radical (unpaired) electrons. The zero-order valence-electron chi connectivity index (χ0n) is 26.7. The van der Waals surface area contributed by atoms with Crippen molar-refractivity contribution < 1.29 is 47.6 Å². The average molecular weight is 613 g/mol. The van der Waals surface area contributed by atoms with Gasteiger partial charge < -0.3 is 33.3 Å². The lowest BCUT2D eigenvalue weighted by Gasteiger charge is -2.66. The summed E-state index contributed by atoms with van der Waals surface area (Å²) in [6.07, 6.45) is 1.94. The summed E-state index contributed by atoms with van der Waals surface area (Å²) in [7, 11) is 1.32. The number of aldehydes is 1. The van der Waals surface area contributed by atoms with Crippen molar-refractivity contribution in [1.82, 2.24) is 0 Å². The minimum absolute atomic E-state index is 0.0161. The van der Waals surface area contributed by atoms with Gasteiger partial charge in [-0.1, -0.05) is 25.5 Å². The van der Waals surface area contributed by atoms with Gasteiger partial charge in [0.25, 0.3) is 0 Å². The Balaban J connectivity index is 1.79. The van der Waals surface area contributed by atoms with E-state index in [0.29, 0.717) is 18.3 Å². The fraction of sp³-hybridized carbons (Fsp3) is 0.647. The molecule has 10 heteroatoms. The molecule has 4 aliphatic rings. The fourth-order valence-electron chi connectivity index (χ4n) is 9.41. The predicted octanol–water partition coefficient (Wildman–Crippen LogP) is 4.45. The van der Waals surface area contributed by atoms with Crippen molar-refractivity contribution in [1.29, 1.82) is 0 Å². The topological polar surface area (TPSA) is 139 Å². The Morgan fingerprint density at radius 3 is 2.41 bits per heavy atom. The molecule has 0 bridgehead atoms. The lowest BCUT2D eigenvalue weighted by molar-refractivity contribution is -0.279. The molecular formula is C34H44O10. The quantitative estimate of drug-likeness (QED) is 0.154. The van der Waals surface area contributed by atoms with Gasteiger partial charge in [-0.3, -0.25) is 9.59 Å². The lowest BCUT2D eigenvalue weighted by Crippen LogP contribution is -2.73. The number of rotatable bonds is 7. The Hall–Kier alpha value is -3.24. The summed E-state index contributed by atoms with van der Waals surface area (Å²) in [6, 6.07) is 1.93. The SMILES string of the molecule is CC=C(C)C(=O)O[C@H]1C[C@@H](O)[C@@](C)(C=O)[C@@H]2[C@@H](OC(C)=O)[C@H]3O[C@@H]4C[C@@H](c5ccoc5)C(C)=C4[C@@]3(C)[C@H](CC(=O)OC)[C@@]12C. The van der Waals surface area contributed by atoms with Gasteiger partial charge in [-0.25, -0.2) is 4.79 Å². The molecule has 1 saturated heterocycles. The molecule has 1 N–H and O–H groups in total. The smallest absolute Gasteiger partial charge is 0.333 e. The molecule has 5 rings (SSSR count). The van der Waals surface area contributed by atoms with E-state index in [1.54, 1.807) is 39.4 Å². The molecule has 3 fully saturated rings. The molecule has 1 aromatic heterocycles. The number of aliphatic hydroxyl groups is 1. The maximum absolute atomic E-state index is 13.3. The number of hydrogen-bond acceptors (Lipinski definition) is 10. The molecule has 240 valence electrons. The van der Waals surface area contributed by atoms with Crippen molar-refractivity contribution >= 4 is 24.2 Å². The van der Waals surface area contributed by atoms with Crippen LogP contribution in [-0.2, 0) is 38.1 Å². The molecule has 2 saturated carbocycles. The van der Waals surface area contributed by atoms with Crippen molar-refractivity contribution in [2.75, 3.05) is 7.11 Å². The number of carbonyl (C=O) groups excluding carboxylic acids is 4. The summed E-state index contributed by atoms with van der Waals surface area (Å²) in [6.45, 7) is 12.3. The van der Waals surface area contributed by atoms with Crippen LogP contribution in [0.5, 0.6) is 0 Å². The van der Waals surface area contributed by atoms with Crippen molar-refractivity contribution in [3.05, 3.63) is 47.0 Å². The predicted molar refractivity (Wildman–Crippen MR) is 157 cm³/mol. The van der Waals surface area contributed by atoms with E-state index >= 15 is 0 Å². The van der Waals surface area contributed by atoms with Crippen LogP contribution in [0.1, 0.15) is 79.2 Å². The van der Waals surface area contributed by atoms with E-state index in [2.05, 4.69) is 6.92 Å². The van der Waals surface area contributed by atoms with Crippen LogP contribution in [0.4, 0.5) is 0 Å². The second kappa shape index (κ2) is 11.3. The first kappa shape index (κ1) is 32.2. The van der Waals surface area contributed by atoms with Gasteiger partial charge in [0.1, 0.15) is 24.6 Å². The van der Waals surface area contributed by atoms with E-state index in [4.69, 9.17) is 23.4 Å². The Kier molecular flexibility index (Phi) is 8.25. The van der Waals surface area contributed by atoms with Crippen LogP contribution < -0.4 is 0 Å². The lowest BCUT2D eigenvalue weighted by atomic mass is 9.39. The summed E-state index contributed by atoms with van der Waals surface area (Å²) in [5.74, 6) is -3.06. The monoisotopic (exact) mass is 612 g/mol. The first-order valence-corrected chi connectivity index (χ1v) is 15.3. The third-order valence-electron chi connectivity index (χ3n) is 11.6. The maximum Gasteiger partial charge on any atom is 0.333 e.